The molecule has 0 aromatic heterocycles. The van der Waals surface area contributed by atoms with E-state index in [1.807, 2.05) is 67.6 Å². The minimum absolute atomic E-state index is 0.00752. The van der Waals surface area contributed by atoms with E-state index in [2.05, 4.69) is 5.32 Å². The monoisotopic (exact) mass is 769 g/mol. The zero-order valence-electron chi connectivity index (χ0n) is 29.3. The number of hydrogen-bond donors (Lipinski definition) is 1. The Balaban J connectivity index is 1.40. The minimum Gasteiger partial charge on any atom is -0.457 e. The molecule has 1 N–H and O–H groups in total. The van der Waals surface area contributed by atoms with Crippen LogP contribution in [0.15, 0.2) is 132 Å². The lowest BCUT2D eigenvalue weighted by molar-refractivity contribution is -0.140. The van der Waals surface area contributed by atoms with Crippen molar-refractivity contribution >= 4 is 50.7 Å². The van der Waals surface area contributed by atoms with Crippen molar-refractivity contribution in [3.8, 4) is 11.5 Å². The Morgan fingerprint density at radius 1 is 0.811 bits per heavy atom. The summed E-state index contributed by atoms with van der Waals surface area (Å²) in [6.45, 7) is 1.21. The third-order valence-corrected chi connectivity index (χ3v) is 11.7. The van der Waals surface area contributed by atoms with Crippen molar-refractivity contribution < 1.29 is 22.7 Å². The fraction of sp³-hybridized carbons (Fsp3) is 0.238. The van der Waals surface area contributed by atoms with Crippen molar-refractivity contribution in [2.75, 3.05) is 10.8 Å². The van der Waals surface area contributed by atoms with Crippen LogP contribution in [0, 0.1) is 6.92 Å². The highest BCUT2D eigenvalue weighted by molar-refractivity contribution is 7.92. The van der Waals surface area contributed by atoms with Gasteiger partial charge >= 0.3 is 0 Å². The highest BCUT2D eigenvalue weighted by Gasteiger charge is 2.36. The van der Waals surface area contributed by atoms with E-state index >= 15 is 0 Å². The first-order valence-corrected chi connectivity index (χ1v) is 19.8. The lowest BCUT2D eigenvalue weighted by Crippen LogP contribution is -2.54. The molecule has 2 amide bonds. The van der Waals surface area contributed by atoms with Gasteiger partial charge in [0, 0.05) is 29.1 Å². The number of halogens is 2. The molecule has 8 nitrogen and oxygen atoms in total. The van der Waals surface area contributed by atoms with E-state index in [0.29, 0.717) is 27.1 Å². The summed E-state index contributed by atoms with van der Waals surface area (Å²) in [6, 6.07) is 35.6. The summed E-state index contributed by atoms with van der Waals surface area (Å²) in [5.41, 5.74) is 2.54. The van der Waals surface area contributed by atoms with Crippen LogP contribution in [0.3, 0.4) is 0 Å². The van der Waals surface area contributed by atoms with Crippen LogP contribution in [0.4, 0.5) is 5.69 Å². The standard InChI is InChI=1S/C42H41Cl2N3O5S/c1-30-16-24-38(25-17-30)53(50,51)47(35-20-22-37(23-21-35)52-36-14-6-3-7-15-36)29-41(48)46(28-32-18-19-33(43)27-39(32)44)40(26-31-10-4-2-5-11-31)42(49)45-34-12-8-9-13-34/h2-7,10-11,14-25,27,34,40H,8-9,12-13,26,28-29H2,1H3,(H,45,49)/t40-/m0/s1. The van der Waals surface area contributed by atoms with Gasteiger partial charge in [0.2, 0.25) is 11.8 Å². The van der Waals surface area contributed by atoms with Gasteiger partial charge in [0.25, 0.3) is 10.0 Å². The maximum atomic E-state index is 14.9. The molecule has 274 valence electrons. The van der Waals surface area contributed by atoms with E-state index in [0.717, 1.165) is 41.1 Å². The molecule has 11 heteroatoms. The summed E-state index contributed by atoms with van der Waals surface area (Å²) in [5.74, 6) is 0.217. The zero-order valence-corrected chi connectivity index (χ0v) is 31.7. The number of nitrogens with one attached hydrogen (secondary N) is 1. The number of aryl methyl sites for hydroxylation is 1. The Morgan fingerprint density at radius 3 is 2.08 bits per heavy atom. The largest absolute Gasteiger partial charge is 0.457 e. The van der Waals surface area contributed by atoms with Gasteiger partial charge in [-0.25, -0.2) is 8.42 Å². The first-order chi connectivity index (χ1) is 25.6. The van der Waals surface area contributed by atoms with E-state index < -0.39 is 28.5 Å². The van der Waals surface area contributed by atoms with Crippen LogP contribution in [0.1, 0.15) is 42.4 Å². The van der Waals surface area contributed by atoms with Crippen molar-refractivity contribution in [3.05, 3.63) is 154 Å². The van der Waals surface area contributed by atoms with Gasteiger partial charge in [-0.2, -0.15) is 0 Å². The highest BCUT2D eigenvalue weighted by Crippen LogP contribution is 2.30. The zero-order chi connectivity index (χ0) is 37.4. The van der Waals surface area contributed by atoms with Gasteiger partial charge in [0.05, 0.1) is 10.6 Å². The number of rotatable bonds is 14. The van der Waals surface area contributed by atoms with E-state index in [1.54, 1.807) is 54.6 Å². The summed E-state index contributed by atoms with van der Waals surface area (Å²) in [7, 11) is -4.28. The molecule has 53 heavy (non-hydrogen) atoms. The second-order valence-electron chi connectivity index (χ2n) is 13.2. The van der Waals surface area contributed by atoms with Crippen molar-refractivity contribution in [1.29, 1.82) is 0 Å². The van der Waals surface area contributed by atoms with Gasteiger partial charge in [-0.3, -0.25) is 13.9 Å². The number of carbonyl (C=O) groups excluding carboxylic acids is 2. The smallest absolute Gasteiger partial charge is 0.264 e. The highest BCUT2D eigenvalue weighted by atomic mass is 35.5. The maximum Gasteiger partial charge on any atom is 0.264 e. The lowest BCUT2D eigenvalue weighted by Gasteiger charge is -2.34. The van der Waals surface area contributed by atoms with Gasteiger partial charge in [0.15, 0.2) is 0 Å². The van der Waals surface area contributed by atoms with Crippen LogP contribution in [0.5, 0.6) is 11.5 Å². The maximum absolute atomic E-state index is 14.9. The molecule has 1 fully saturated rings. The number of benzene rings is 5. The fourth-order valence-electron chi connectivity index (χ4n) is 6.43. The Hall–Kier alpha value is -4.83. The Kier molecular flexibility index (Phi) is 12.4. The average Bonchev–Trinajstić information content (AvgIpc) is 3.67. The fourth-order valence-corrected chi connectivity index (χ4v) is 8.31. The third-order valence-electron chi connectivity index (χ3n) is 9.32. The predicted molar refractivity (Wildman–Crippen MR) is 210 cm³/mol. The van der Waals surface area contributed by atoms with Crippen molar-refractivity contribution in [2.45, 2.75) is 62.6 Å². The molecule has 5 aromatic rings. The quantitative estimate of drug-likeness (QED) is 0.122. The molecule has 0 unspecified atom stereocenters. The molecule has 1 atom stereocenters. The predicted octanol–water partition coefficient (Wildman–Crippen LogP) is 8.99. The number of amides is 2. The first kappa shape index (κ1) is 37.9. The van der Waals surface area contributed by atoms with Gasteiger partial charge < -0.3 is 15.0 Å². The summed E-state index contributed by atoms with van der Waals surface area (Å²) in [5, 5.41) is 3.93. The van der Waals surface area contributed by atoms with Gasteiger partial charge in [0.1, 0.15) is 24.1 Å². The Bertz CT molecular complexity index is 2110. The van der Waals surface area contributed by atoms with Crippen LogP contribution in [0.25, 0.3) is 0 Å². The molecule has 0 saturated heterocycles. The number of anilines is 1. The van der Waals surface area contributed by atoms with Crippen molar-refractivity contribution in [1.82, 2.24) is 10.2 Å². The number of para-hydroxylation sites is 1. The molecule has 1 aliphatic carbocycles. The number of nitrogens with zero attached hydrogens (tertiary/aromatic N) is 2. The van der Waals surface area contributed by atoms with Crippen LogP contribution in [-0.2, 0) is 32.6 Å². The molecule has 0 aliphatic heterocycles. The minimum atomic E-state index is -4.28. The Labute approximate surface area is 321 Å². The molecular weight excluding hydrogens is 729 g/mol. The number of sulfonamides is 1. The van der Waals surface area contributed by atoms with Crippen LogP contribution in [0.2, 0.25) is 10.0 Å². The Morgan fingerprint density at radius 2 is 1.43 bits per heavy atom. The summed E-state index contributed by atoms with van der Waals surface area (Å²) in [4.78, 5) is 30.6. The van der Waals surface area contributed by atoms with E-state index in [4.69, 9.17) is 27.9 Å². The van der Waals surface area contributed by atoms with E-state index in [9.17, 15) is 18.0 Å². The molecule has 5 aromatic carbocycles. The number of hydrogen-bond acceptors (Lipinski definition) is 5. The molecule has 1 saturated carbocycles. The number of carbonyl (C=O) groups is 2. The molecule has 1 aliphatic rings. The van der Waals surface area contributed by atoms with Crippen LogP contribution >= 0.6 is 23.2 Å². The van der Waals surface area contributed by atoms with Gasteiger partial charge in [-0.1, -0.05) is 108 Å². The molecule has 0 radical (unpaired) electrons. The summed E-state index contributed by atoms with van der Waals surface area (Å²) >= 11 is 12.9. The molecular formula is C42H41Cl2N3O5S. The summed E-state index contributed by atoms with van der Waals surface area (Å²) in [6.07, 6.45) is 3.93. The number of ether oxygens (including phenoxy) is 1. The van der Waals surface area contributed by atoms with E-state index in [1.165, 1.54) is 17.0 Å². The second kappa shape index (κ2) is 17.3. The molecule has 0 heterocycles. The first-order valence-electron chi connectivity index (χ1n) is 17.6. The third kappa shape index (κ3) is 9.79. The normalized spacial score (nSPS) is 13.6. The molecule has 0 spiro atoms. The lowest BCUT2D eigenvalue weighted by atomic mass is 10.0. The average molecular weight is 771 g/mol. The van der Waals surface area contributed by atoms with Gasteiger partial charge in [-0.15, -0.1) is 0 Å². The van der Waals surface area contributed by atoms with E-state index in [-0.39, 0.29) is 35.5 Å². The second-order valence-corrected chi connectivity index (χ2v) is 15.9. The van der Waals surface area contributed by atoms with Crippen LogP contribution in [-0.4, -0.2) is 43.8 Å². The summed E-state index contributed by atoms with van der Waals surface area (Å²) < 4.78 is 36.0. The van der Waals surface area contributed by atoms with Crippen molar-refractivity contribution in [2.24, 2.45) is 0 Å². The molecule has 0 bridgehead atoms. The topological polar surface area (TPSA) is 96.0 Å². The van der Waals surface area contributed by atoms with Crippen LogP contribution < -0.4 is 14.4 Å². The van der Waals surface area contributed by atoms with Gasteiger partial charge in [-0.05, 0) is 91.6 Å². The molecule has 6 rings (SSSR count). The SMILES string of the molecule is Cc1ccc(S(=O)(=O)N(CC(=O)N(Cc2ccc(Cl)cc2Cl)[C@@H](Cc2ccccc2)C(=O)NC2CCCC2)c2ccc(Oc3ccccc3)cc2)cc1. The van der Waals surface area contributed by atoms with Crippen molar-refractivity contribution in [3.63, 3.8) is 0 Å².